The second-order valence-corrected chi connectivity index (χ2v) is 6.72. The third kappa shape index (κ3) is 3.06. The predicted octanol–water partition coefficient (Wildman–Crippen LogP) is 0.457. The maximum absolute atomic E-state index is 12.5. The highest BCUT2D eigenvalue weighted by atomic mass is 16.6. The van der Waals surface area contributed by atoms with Gasteiger partial charge in [0, 0.05) is 0 Å². The van der Waals surface area contributed by atoms with Crippen LogP contribution in [0.3, 0.4) is 0 Å². The number of carbonyl (C=O) groups excluding carboxylic acids is 2. The van der Waals surface area contributed by atoms with Gasteiger partial charge in [-0.3, -0.25) is 0 Å². The Bertz CT molecular complexity index is 797. The molecule has 146 valence electrons. The molecular weight excluding hydrogens is 368 g/mol. The standard InChI is InChI=1S/C20H18O8/c21-17(27-13-7-3-1-4-8-13)19(23)11-25-16-15(19)26-12-20(16,24)18(22)28-14-9-5-2-6-10-14/h1-10,15-16,23-24H,11-12H2/t15-,16-,19-,20+/m0/s1. The van der Waals surface area contributed by atoms with Crippen molar-refractivity contribution in [2.24, 2.45) is 0 Å². The van der Waals surface area contributed by atoms with Crippen LogP contribution in [0.4, 0.5) is 0 Å². The second kappa shape index (κ2) is 6.99. The van der Waals surface area contributed by atoms with Gasteiger partial charge in [-0.2, -0.15) is 0 Å². The molecule has 0 radical (unpaired) electrons. The summed E-state index contributed by atoms with van der Waals surface area (Å²) in [6.45, 7) is -0.982. The van der Waals surface area contributed by atoms with Crippen LogP contribution in [0.5, 0.6) is 11.5 Å². The first-order chi connectivity index (χ1) is 13.4. The van der Waals surface area contributed by atoms with Crippen LogP contribution in [0.15, 0.2) is 60.7 Å². The highest BCUT2D eigenvalue weighted by Gasteiger charge is 2.68. The lowest BCUT2D eigenvalue weighted by atomic mass is 9.90. The van der Waals surface area contributed by atoms with Crippen molar-refractivity contribution >= 4 is 11.9 Å². The smallest absolute Gasteiger partial charge is 0.348 e. The summed E-state index contributed by atoms with van der Waals surface area (Å²) in [6.07, 6.45) is -2.56. The Morgan fingerprint density at radius 3 is 1.46 bits per heavy atom. The largest absolute Gasteiger partial charge is 0.424 e. The first-order valence-electron chi connectivity index (χ1n) is 8.66. The fourth-order valence-corrected chi connectivity index (χ4v) is 3.27. The monoisotopic (exact) mass is 386 g/mol. The summed E-state index contributed by atoms with van der Waals surface area (Å²) in [7, 11) is 0. The lowest BCUT2D eigenvalue weighted by Crippen LogP contribution is -2.55. The molecule has 2 heterocycles. The Kier molecular flexibility index (Phi) is 4.64. The lowest BCUT2D eigenvalue weighted by molar-refractivity contribution is -0.170. The predicted molar refractivity (Wildman–Crippen MR) is 93.5 cm³/mol. The maximum atomic E-state index is 12.5. The van der Waals surface area contributed by atoms with E-state index in [0.717, 1.165) is 0 Å². The van der Waals surface area contributed by atoms with Crippen molar-refractivity contribution in [2.45, 2.75) is 23.4 Å². The van der Waals surface area contributed by atoms with E-state index >= 15 is 0 Å². The van der Waals surface area contributed by atoms with Crippen LogP contribution in [0.25, 0.3) is 0 Å². The Balaban J connectivity index is 1.50. The SMILES string of the molecule is O=C(Oc1ccccc1)[C@]1(O)CO[C@H]2[C@@H]1OC[C@]2(O)C(=O)Oc1ccccc1. The van der Waals surface area contributed by atoms with Gasteiger partial charge in [0.15, 0.2) is 0 Å². The second-order valence-electron chi connectivity index (χ2n) is 6.72. The molecule has 8 nitrogen and oxygen atoms in total. The quantitative estimate of drug-likeness (QED) is 0.576. The van der Waals surface area contributed by atoms with Crippen LogP contribution in [-0.4, -0.2) is 58.8 Å². The third-order valence-corrected chi connectivity index (χ3v) is 4.80. The Labute approximate surface area is 160 Å². The van der Waals surface area contributed by atoms with Crippen LogP contribution < -0.4 is 9.47 Å². The van der Waals surface area contributed by atoms with Gasteiger partial charge in [-0.1, -0.05) is 36.4 Å². The molecular formula is C20H18O8. The van der Waals surface area contributed by atoms with Gasteiger partial charge in [-0.05, 0) is 24.3 Å². The normalized spacial score (nSPS) is 31.2. The average molecular weight is 386 g/mol. The average Bonchev–Trinajstić information content (AvgIpc) is 3.23. The number of rotatable bonds is 4. The number of fused-ring (bicyclic) bond motifs is 1. The van der Waals surface area contributed by atoms with Crippen LogP contribution in [0.1, 0.15) is 0 Å². The number of carbonyl (C=O) groups is 2. The first-order valence-corrected chi connectivity index (χ1v) is 8.66. The van der Waals surface area contributed by atoms with Gasteiger partial charge in [0.05, 0.1) is 13.2 Å². The molecule has 2 aromatic carbocycles. The van der Waals surface area contributed by atoms with E-state index in [-0.39, 0.29) is 11.5 Å². The lowest BCUT2D eigenvalue weighted by Gasteiger charge is -2.25. The molecule has 28 heavy (non-hydrogen) atoms. The van der Waals surface area contributed by atoms with Crippen molar-refractivity contribution in [3.05, 3.63) is 60.7 Å². The van der Waals surface area contributed by atoms with Crippen LogP contribution >= 0.6 is 0 Å². The van der Waals surface area contributed by atoms with E-state index in [9.17, 15) is 19.8 Å². The van der Waals surface area contributed by atoms with Crippen molar-refractivity contribution in [3.63, 3.8) is 0 Å². The summed E-state index contributed by atoms with van der Waals surface area (Å²) >= 11 is 0. The molecule has 8 heteroatoms. The van der Waals surface area contributed by atoms with Crippen molar-refractivity contribution in [3.8, 4) is 11.5 Å². The van der Waals surface area contributed by atoms with Gasteiger partial charge in [0.25, 0.3) is 0 Å². The summed E-state index contributed by atoms with van der Waals surface area (Å²) in [6, 6.07) is 16.4. The molecule has 2 saturated heterocycles. The van der Waals surface area contributed by atoms with Crippen molar-refractivity contribution in [1.82, 2.24) is 0 Å². The molecule has 2 aliphatic rings. The van der Waals surface area contributed by atoms with Crippen LogP contribution in [0.2, 0.25) is 0 Å². The van der Waals surface area contributed by atoms with Gasteiger partial charge in [0.1, 0.15) is 23.7 Å². The summed E-state index contributed by atoms with van der Waals surface area (Å²) in [4.78, 5) is 25.0. The highest BCUT2D eigenvalue weighted by Crippen LogP contribution is 2.41. The highest BCUT2D eigenvalue weighted by molar-refractivity contribution is 5.86. The number of hydrogen-bond donors (Lipinski definition) is 2. The molecule has 2 fully saturated rings. The Morgan fingerprint density at radius 2 is 1.11 bits per heavy atom. The van der Waals surface area contributed by atoms with E-state index in [4.69, 9.17) is 18.9 Å². The van der Waals surface area contributed by atoms with Gasteiger partial charge < -0.3 is 29.2 Å². The minimum Gasteiger partial charge on any atom is -0.424 e. The molecule has 0 spiro atoms. The molecule has 0 aromatic heterocycles. The van der Waals surface area contributed by atoms with E-state index in [2.05, 4.69) is 0 Å². The summed E-state index contributed by atoms with van der Waals surface area (Å²) in [5, 5.41) is 21.6. The van der Waals surface area contributed by atoms with E-state index in [1.807, 2.05) is 0 Å². The molecule has 0 amide bonds. The van der Waals surface area contributed by atoms with Crippen LogP contribution in [0, 0.1) is 0 Å². The van der Waals surface area contributed by atoms with E-state index in [1.165, 1.54) is 0 Å². The zero-order chi connectivity index (χ0) is 19.8. The van der Waals surface area contributed by atoms with Gasteiger partial charge in [-0.25, -0.2) is 9.59 Å². The molecule has 0 bridgehead atoms. The number of para-hydroxylation sites is 2. The van der Waals surface area contributed by atoms with Crippen molar-refractivity contribution in [2.75, 3.05) is 13.2 Å². The molecule has 0 saturated carbocycles. The fourth-order valence-electron chi connectivity index (χ4n) is 3.27. The van der Waals surface area contributed by atoms with Crippen molar-refractivity contribution in [1.29, 1.82) is 0 Å². The molecule has 2 aliphatic heterocycles. The van der Waals surface area contributed by atoms with E-state index < -0.39 is 48.6 Å². The molecule has 2 aromatic rings. The number of esters is 2. The number of ether oxygens (including phenoxy) is 4. The van der Waals surface area contributed by atoms with Gasteiger partial charge in [0.2, 0.25) is 11.2 Å². The number of hydrogen-bond acceptors (Lipinski definition) is 8. The van der Waals surface area contributed by atoms with E-state index in [0.29, 0.717) is 0 Å². The molecule has 2 N–H and O–H groups in total. The zero-order valence-corrected chi connectivity index (χ0v) is 14.7. The van der Waals surface area contributed by atoms with Crippen molar-refractivity contribution < 1.29 is 38.7 Å². The topological polar surface area (TPSA) is 112 Å². The Morgan fingerprint density at radius 1 is 0.750 bits per heavy atom. The van der Waals surface area contributed by atoms with Crippen LogP contribution in [-0.2, 0) is 19.1 Å². The zero-order valence-electron chi connectivity index (χ0n) is 14.7. The fraction of sp³-hybridized carbons (Fsp3) is 0.300. The minimum absolute atomic E-state index is 0.237. The molecule has 0 aliphatic carbocycles. The molecule has 4 atom stereocenters. The maximum Gasteiger partial charge on any atom is 0.348 e. The number of benzene rings is 2. The van der Waals surface area contributed by atoms with Gasteiger partial charge >= 0.3 is 11.9 Å². The Hall–Kier alpha value is -2.78. The third-order valence-electron chi connectivity index (χ3n) is 4.80. The summed E-state index contributed by atoms with van der Waals surface area (Å²) in [5.74, 6) is -1.51. The first kappa shape index (κ1) is 18.6. The minimum atomic E-state index is -2.17. The summed E-state index contributed by atoms with van der Waals surface area (Å²) in [5.41, 5.74) is -4.34. The molecule has 0 unspecified atom stereocenters. The number of aliphatic hydroxyl groups is 2. The van der Waals surface area contributed by atoms with E-state index in [1.54, 1.807) is 60.7 Å². The summed E-state index contributed by atoms with van der Waals surface area (Å²) < 4.78 is 21.2. The van der Waals surface area contributed by atoms with Gasteiger partial charge in [-0.15, -0.1) is 0 Å². The molecule has 4 rings (SSSR count).